The van der Waals surface area contributed by atoms with Crippen molar-refractivity contribution in [3.8, 4) is 5.69 Å². The van der Waals surface area contributed by atoms with E-state index in [4.69, 9.17) is 4.98 Å². The van der Waals surface area contributed by atoms with Crippen LogP contribution >= 0.6 is 0 Å². The second-order valence-electron chi connectivity index (χ2n) is 6.97. The first-order valence-electron chi connectivity index (χ1n) is 9.64. The zero-order valence-corrected chi connectivity index (χ0v) is 15.3. The second kappa shape index (κ2) is 7.32. The van der Waals surface area contributed by atoms with Crippen molar-refractivity contribution in [2.75, 3.05) is 18.0 Å². The molecular formula is C22H25N3O. The molecule has 0 spiro atoms. The molecule has 26 heavy (non-hydrogen) atoms. The van der Waals surface area contributed by atoms with E-state index in [-0.39, 0.29) is 5.56 Å². The Morgan fingerprint density at radius 2 is 1.73 bits per heavy atom. The molecule has 1 fully saturated rings. The van der Waals surface area contributed by atoms with Gasteiger partial charge in [-0.1, -0.05) is 31.2 Å². The lowest BCUT2D eigenvalue weighted by Crippen LogP contribution is -2.32. The smallest absolute Gasteiger partial charge is 0.268 e. The lowest BCUT2D eigenvalue weighted by atomic mass is 10.1. The summed E-state index contributed by atoms with van der Waals surface area (Å²) in [5.74, 6) is 0.840. The van der Waals surface area contributed by atoms with Crippen LogP contribution in [-0.4, -0.2) is 22.6 Å². The summed E-state index contributed by atoms with van der Waals surface area (Å²) >= 11 is 0. The minimum atomic E-state index is 0.0471. The van der Waals surface area contributed by atoms with E-state index in [1.807, 2.05) is 42.5 Å². The Morgan fingerprint density at radius 1 is 0.962 bits per heavy atom. The first-order valence-corrected chi connectivity index (χ1v) is 9.64. The number of piperidine rings is 1. The number of rotatable bonds is 4. The summed E-state index contributed by atoms with van der Waals surface area (Å²) in [5, 5.41) is 0.748. The van der Waals surface area contributed by atoms with Crippen LogP contribution in [0.3, 0.4) is 0 Å². The van der Waals surface area contributed by atoms with Crippen LogP contribution in [0.1, 0.15) is 38.4 Å². The number of anilines is 1. The molecule has 1 aliphatic heterocycles. The summed E-state index contributed by atoms with van der Waals surface area (Å²) in [6.45, 7) is 4.15. The Balaban J connectivity index is 1.98. The number of benzene rings is 2. The molecule has 1 saturated heterocycles. The van der Waals surface area contributed by atoms with Crippen molar-refractivity contribution in [1.29, 1.82) is 0 Å². The Kier molecular flexibility index (Phi) is 4.74. The van der Waals surface area contributed by atoms with Crippen LogP contribution in [0.5, 0.6) is 0 Å². The third kappa shape index (κ3) is 3.00. The van der Waals surface area contributed by atoms with Gasteiger partial charge in [0.1, 0.15) is 5.82 Å². The fourth-order valence-corrected chi connectivity index (χ4v) is 3.89. The van der Waals surface area contributed by atoms with Crippen LogP contribution in [0, 0.1) is 0 Å². The first kappa shape index (κ1) is 16.8. The van der Waals surface area contributed by atoms with Gasteiger partial charge in [-0.3, -0.25) is 9.36 Å². The highest BCUT2D eigenvalue weighted by Gasteiger charge is 2.19. The molecule has 0 atom stereocenters. The second-order valence-corrected chi connectivity index (χ2v) is 6.97. The van der Waals surface area contributed by atoms with Gasteiger partial charge in [-0.25, -0.2) is 4.98 Å². The Morgan fingerprint density at radius 3 is 2.46 bits per heavy atom. The zero-order valence-electron chi connectivity index (χ0n) is 15.3. The van der Waals surface area contributed by atoms with Gasteiger partial charge in [-0.05, 0) is 49.9 Å². The van der Waals surface area contributed by atoms with Gasteiger partial charge < -0.3 is 4.90 Å². The van der Waals surface area contributed by atoms with E-state index in [1.165, 1.54) is 19.3 Å². The van der Waals surface area contributed by atoms with E-state index in [0.717, 1.165) is 54.0 Å². The largest absolute Gasteiger partial charge is 0.371 e. The molecule has 3 aromatic rings. The average molecular weight is 347 g/mol. The summed E-state index contributed by atoms with van der Waals surface area (Å²) in [6, 6.07) is 16.0. The normalized spacial score (nSPS) is 14.7. The maximum absolute atomic E-state index is 13.6. The van der Waals surface area contributed by atoms with Gasteiger partial charge in [0.05, 0.1) is 22.3 Å². The quantitative estimate of drug-likeness (QED) is 0.705. The molecule has 134 valence electrons. The molecule has 0 unspecified atom stereocenters. The number of nitrogens with zero attached hydrogens (tertiary/aromatic N) is 3. The van der Waals surface area contributed by atoms with Crippen molar-refractivity contribution in [3.63, 3.8) is 0 Å². The van der Waals surface area contributed by atoms with Gasteiger partial charge in [-0.15, -0.1) is 0 Å². The minimum absolute atomic E-state index is 0.0471. The van der Waals surface area contributed by atoms with Crippen molar-refractivity contribution in [3.05, 3.63) is 64.7 Å². The molecule has 0 radical (unpaired) electrons. The van der Waals surface area contributed by atoms with Crippen molar-refractivity contribution < 1.29 is 0 Å². The lowest BCUT2D eigenvalue weighted by molar-refractivity contribution is 0.579. The van der Waals surface area contributed by atoms with E-state index in [2.05, 4.69) is 17.9 Å². The Bertz CT molecular complexity index is 956. The van der Waals surface area contributed by atoms with Crippen molar-refractivity contribution >= 4 is 16.6 Å². The number of hydrogen-bond donors (Lipinski definition) is 0. The molecular weight excluding hydrogens is 322 g/mol. The van der Waals surface area contributed by atoms with Crippen molar-refractivity contribution in [1.82, 2.24) is 9.55 Å². The summed E-state index contributed by atoms with van der Waals surface area (Å²) < 4.78 is 1.80. The number of fused-ring (bicyclic) bond motifs is 1. The predicted molar refractivity (Wildman–Crippen MR) is 107 cm³/mol. The molecule has 0 amide bonds. The highest BCUT2D eigenvalue weighted by Crippen LogP contribution is 2.27. The van der Waals surface area contributed by atoms with E-state index >= 15 is 0 Å². The Hall–Kier alpha value is -2.62. The van der Waals surface area contributed by atoms with Gasteiger partial charge in [0.25, 0.3) is 5.56 Å². The monoisotopic (exact) mass is 347 g/mol. The van der Waals surface area contributed by atoms with Crippen LogP contribution in [0.15, 0.2) is 53.3 Å². The lowest BCUT2D eigenvalue weighted by Gasteiger charge is -2.29. The summed E-state index contributed by atoms with van der Waals surface area (Å²) in [7, 11) is 0. The van der Waals surface area contributed by atoms with Crippen LogP contribution in [0.2, 0.25) is 0 Å². The van der Waals surface area contributed by atoms with Gasteiger partial charge >= 0.3 is 0 Å². The highest BCUT2D eigenvalue weighted by molar-refractivity contribution is 5.91. The highest BCUT2D eigenvalue weighted by atomic mass is 16.1. The molecule has 1 aromatic heterocycles. The van der Waals surface area contributed by atoms with Crippen LogP contribution in [0.25, 0.3) is 16.6 Å². The molecule has 4 rings (SSSR count). The maximum atomic E-state index is 13.6. The van der Waals surface area contributed by atoms with E-state index < -0.39 is 0 Å². The molecule has 4 heteroatoms. The third-order valence-electron chi connectivity index (χ3n) is 5.13. The molecule has 0 N–H and O–H groups in total. The molecule has 4 nitrogen and oxygen atoms in total. The fraction of sp³-hybridized carbons (Fsp3) is 0.364. The molecule has 0 bridgehead atoms. The molecule has 1 aliphatic rings. The fourth-order valence-electron chi connectivity index (χ4n) is 3.89. The summed E-state index contributed by atoms with van der Waals surface area (Å²) in [6.07, 6.45) is 5.38. The zero-order chi connectivity index (χ0) is 17.9. The van der Waals surface area contributed by atoms with E-state index in [1.54, 1.807) is 4.57 Å². The average Bonchev–Trinajstić information content (AvgIpc) is 2.69. The first-order chi connectivity index (χ1) is 12.8. The number of aromatic nitrogens is 2. The van der Waals surface area contributed by atoms with Crippen LogP contribution in [0.4, 0.5) is 5.69 Å². The molecule has 2 heterocycles. The topological polar surface area (TPSA) is 38.1 Å². The maximum Gasteiger partial charge on any atom is 0.268 e. The van der Waals surface area contributed by atoms with Crippen molar-refractivity contribution in [2.45, 2.75) is 39.0 Å². The summed E-state index contributed by atoms with van der Waals surface area (Å²) in [5.41, 5.74) is 2.79. The summed E-state index contributed by atoms with van der Waals surface area (Å²) in [4.78, 5) is 20.8. The van der Waals surface area contributed by atoms with Crippen LogP contribution in [-0.2, 0) is 6.42 Å². The van der Waals surface area contributed by atoms with Crippen LogP contribution < -0.4 is 10.5 Å². The van der Waals surface area contributed by atoms with E-state index in [0.29, 0.717) is 0 Å². The van der Waals surface area contributed by atoms with E-state index in [9.17, 15) is 4.79 Å². The standard InChI is InChI=1S/C22H25N3O/c1-2-10-20-23-18-13-9-14-19(24-15-7-4-8-16-24)21(18)22(26)25(20)17-11-5-3-6-12-17/h3,5-6,9,11-14H,2,4,7-8,10,15-16H2,1H3. The molecule has 2 aromatic carbocycles. The number of para-hydroxylation sites is 1. The SMILES string of the molecule is CCCc1nc2cccc(N3CCCCC3)c2c(=O)n1-c1ccccc1. The number of hydrogen-bond acceptors (Lipinski definition) is 3. The van der Waals surface area contributed by atoms with Crippen molar-refractivity contribution in [2.24, 2.45) is 0 Å². The minimum Gasteiger partial charge on any atom is -0.371 e. The Labute approximate surface area is 154 Å². The predicted octanol–water partition coefficient (Wildman–Crippen LogP) is 4.33. The molecule has 0 saturated carbocycles. The molecule has 0 aliphatic carbocycles. The third-order valence-corrected chi connectivity index (χ3v) is 5.13. The van der Waals surface area contributed by atoms with Gasteiger partial charge in [0, 0.05) is 19.5 Å². The van der Waals surface area contributed by atoms with Gasteiger partial charge in [-0.2, -0.15) is 0 Å². The van der Waals surface area contributed by atoms with Gasteiger partial charge in [0.2, 0.25) is 0 Å². The number of aryl methyl sites for hydroxylation is 1. The van der Waals surface area contributed by atoms with Gasteiger partial charge in [0.15, 0.2) is 0 Å².